The molecule has 4 heteroatoms. The van der Waals surface area contributed by atoms with Gasteiger partial charge in [-0.1, -0.05) is 30.5 Å². The van der Waals surface area contributed by atoms with Crippen LogP contribution in [0.25, 0.3) is 10.9 Å². The molecular weight excluding hydrogens is 282 g/mol. The van der Waals surface area contributed by atoms with E-state index in [1.165, 1.54) is 31.2 Å². The zero-order valence-corrected chi connectivity index (χ0v) is 13.0. The van der Waals surface area contributed by atoms with Crippen molar-refractivity contribution >= 4 is 22.5 Å². The van der Waals surface area contributed by atoms with E-state index in [4.69, 9.17) is 17.3 Å². The summed E-state index contributed by atoms with van der Waals surface area (Å²) in [4.78, 5) is 7.08. The van der Waals surface area contributed by atoms with Crippen molar-refractivity contribution in [3.05, 3.63) is 41.0 Å². The number of likely N-dealkylation sites (tertiary alicyclic amines) is 1. The summed E-state index contributed by atoms with van der Waals surface area (Å²) in [6.07, 6.45) is 7.00. The van der Waals surface area contributed by atoms with Gasteiger partial charge in [0.1, 0.15) is 0 Å². The van der Waals surface area contributed by atoms with Gasteiger partial charge in [0, 0.05) is 29.2 Å². The lowest BCUT2D eigenvalue weighted by Gasteiger charge is -2.30. The Morgan fingerprint density at radius 1 is 1.14 bits per heavy atom. The average Bonchev–Trinajstić information content (AvgIpc) is 2.80. The third-order valence-electron chi connectivity index (χ3n) is 4.41. The van der Waals surface area contributed by atoms with E-state index < -0.39 is 0 Å². The summed E-state index contributed by atoms with van der Waals surface area (Å²) >= 11 is 6.30. The summed E-state index contributed by atoms with van der Waals surface area (Å²) in [7, 11) is 0. The maximum Gasteiger partial charge on any atom is 0.0765 e. The molecule has 2 N–H and O–H groups in total. The molecule has 112 valence electrons. The Hall–Kier alpha value is -1.16. The highest BCUT2D eigenvalue weighted by atomic mass is 35.5. The van der Waals surface area contributed by atoms with Gasteiger partial charge in [-0.15, -0.1) is 0 Å². The molecule has 1 aromatic heterocycles. The molecule has 0 aliphatic carbocycles. The van der Waals surface area contributed by atoms with Gasteiger partial charge in [-0.05, 0) is 49.7 Å². The third-order valence-corrected chi connectivity index (χ3v) is 4.74. The van der Waals surface area contributed by atoms with Crippen LogP contribution in [0, 0.1) is 0 Å². The van der Waals surface area contributed by atoms with E-state index in [0.717, 1.165) is 29.0 Å². The van der Waals surface area contributed by atoms with E-state index in [0.29, 0.717) is 6.54 Å². The Morgan fingerprint density at radius 3 is 2.62 bits per heavy atom. The number of halogens is 1. The lowest BCUT2D eigenvalue weighted by atomic mass is 10.0. The zero-order valence-electron chi connectivity index (χ0n) is 12.3. The molecule has 3 nitrogen and oxygen atoms in total. The van der Waals surface area contributed by atoms with Crippen molar-refractivity contribution in [1.29, 1.82) is 0 Å². The van der Waals surface area contributed by atoms with Gasteiger partial charge in [0.2, 0.25) is 0 Å². The molecule has 0 saturated carbocycles. The number of aromatic nitrogens is 1. The van der Waals surface area contributed by atoms with Gasteiger partial charge < -0.3 is 5.73 Å². The quantitative estimate of drug-likeness (QED) is 0.938. The summed E-state index contributed by atoms with van der Waals surface area (Å²) in [5.41, 5.74) is 8.31. The van der Waals surface area contributed by atoms with Gasteiger partial charge in [0.05, 0.1) is 5.52 Å². The number of pyridine rings is 1. The van der Waals surface area contributed by atoms with Gasteiger partial charge in [-0.3, -0.25) is 9.88 Å². The summed E-state index contributed by atoms with van der Waals surface area (Å²) in [5.74, 6) is 0. The van der Waals surface area contributed by atoms with Crippen LogP contribution in [0.2, 0.25) is 5.02 Å². The molecule has 1 fully saturated rings. The van der Waals surface area contributed by atoms with E-state index in [-0.39, 0.29) is 6.04 Å². The number of hydrogen-bond acceptors (Lipinski definition) is 3. The number of nitrogens with zero attached hydrogens (tertiary/aromatic N) is 2. The second kappa shape index (κ2) is 6.73. The number of fused-ring (bicyclic) bond motifs is 1. The molecule has 0 amide bonds. The molecule has 0 spiro atoms. The minimum absolute atomic E-state index is 0.234. The maximum absolute atomic E-state index is 6.30. The molecule has 1 atom stereocenters. The minimum Gasteiger partial charge on any atom is -0.329 e. The molecule has 3 rings (SSSR count). The second-order valence-corrected chi connectivity index (χ2v) is 6.15. The second-order valence-electron chi connectivity index (χ2n) is 5.74. The molecule has 0 radical (unpaired) electrons. The lowest BCUT2D eigenvalue weighted by Crippen LogP contribution is -2.34. The van der Waals surface area contributed by atoms with Gasteiger partial charge in [-0.2, -0.15) is 0 Å². The minimum atomic E-state index is 0.234. The Balaban J connectivity index is 2.02. The smallest absolute Gasteiger partial charge is 0.0765 e. The summed E-state index contributed by atoms with van der Waals surface area (Å²) < 4.78 is 0. The van der Waals surface area contributed by atoms with E-state index in [1.54, 1.807) is 0 Å². The first-order valence-corrected chi connectivity index (χ1v) is 8.16. The van der Waals surface area contributed by atoms with Crippen LogP contribution in [0.3, 0.4) is 0 Å². The van der Waals surface area contributed by atoms with Crippen molar-refractivity contribution in [2.24, 2.45) is 5.73 Å². The summed E-state index contributed by atoms with van der Waals surface area (Å²) in [6.45, 7) is 2.87. The molecule has 1 aliphatic heterocycles. The van der Waals surface area contributed by atoms with Crippen LogP contribution < -0.4 is 5.73 Å². The highest BCUT2D eigenvalue weighted by molar-refractivity contribution is 6.35. The molecule has 1 aromatic carbocycles. The van der Waals surface area contributed by atoms with Crippen molar-refractivity contribution < 1.29 is 0 Å². The highest BCUT2D eigenvalue weighted by Crippen LogP contribution is 2.31. The Morgan fingerprint density at radius 2 is 1.90 bits per heavy atom. The molecule has 1 unspecified atom stereocenters. The van der Waals surface area contributed by atoms with Crippen LogP contribution in [-0.4, -0.2) is 29.5 Å². The monoisotopic (exact) mass is 303 g/mol. The molecule has 2 heterocycles. The predicted octanol–water partition coefficient (Wildman–Crippen LogP) is 3.76. The van der Waals surface area contributed by atoms with Crippen LogP contribution in [0.1, 0.15) is 37.3 Å². The van der Waals surface area contributed by atoms with Crippen molar-refractivity contribution in [3.63, 3.8) is 0 Å². The fourth-order valence-electron chi connectivity index (χ4n) is 3.31. The first-order chi connectivity index (χ1) is 10.3. The third kappa shape index (κ3) is 3.05. The van der Waals surface area contributed by atoms with Crippen LogP contribution in [0.5, 0.6) is 0 Å². The predicted molar refractivity (Wildman–Crippen MR) is 88.6 cm³/mol. The normalized spacial score (nSPS) is 18.6. The zero-order chi connectivity index (χ0) is 14.7. The molecule has 2 aromatic rings. The highest BCUT2D eigenvalue weighted by Gasteiger charge is 2.22. The number of rotatable bonds is 3. The number of benzene rings is 1. The Bertz CT molecular complexity index is 606. The Kier molecular flexibility index (Phi) is 4.73. The van der Waals surface area contributed by atoms with E-state index in [2.05, 4.69) is 16.0 Å². The van der Waals surface area contributed by atoms with Gasteiger partial charge in [0.15, 0.2) is 0 Å². The fraction of sp³-hybridized carbons (Fsp3) is 0.471. The Labute approximate surface area is 131 Å². The lowest BCUT2D eigenvalue weighted by molar-refractivity contribution is 0.211. The number of nitrogens with two attached hydrogens (primary N) is 1. The number of hydrogen-bond donors (Lipinski definition) is 1. The van der Waals surface area contributed by atoms with Crippen LogP contribution in [-0.2, 0) is 0 Å². The SMILES string of the molecule is NCC(c1ccc(Cl)c2cccnc12)N1CCCCCC1. The van der Waals surface area contributed by atoms with E-state index >= 15 is 0 Å². The molecular formula is C17H22ClN3. The molecule has 1 saturated heterocycles. The standard InChI is InChI=1S/C17H22ClN3/c18-15-8-7-14(17-13(15)6-5-9-20-17)16(12-19)21-10-3-1-2-4-11-21/h5-9,16H,1-4,10-12,19H2. The van der Waals surface area contributed by atoms with Crippen molar-refractivity contribution in [1.82, 2.24) is 9.88 Å². The van der Waals surface area contributed by atoms with Crippen molar-refractivity contribution in [2.45, 2.75) is 31.7 Å². The topological polar surface area (TPSA) is 42.1 Å². The largest absolute Gasteiger partial charge is 0.329 e. The average molecular weight is 304 g/mol. The van der Waals surface area contributed by atoms with Crippen LogP contribution in [0.15, 0.2) is 30.5 Å². The molecule has 1 aliphatic rings. The van der Waals surface area contributed by atoms with Crippen LogP contribution >= 0.6 is 11.6 Å². The summed E-state index contributed by atoms with van der Waals surface area (Å²) in [5, 5.41) is 1.78. The fourth-order valence-corrected chi connectivity index (χ4v) is 3.52. The molecule has 21 heavy (non-hydrogen) atoms. The van der Waals surface area contributed by atoms with E-state index in [9.17, 15) is 0 Å². The first kappa shape index (κ1) is 14.8. The van der Waals surface area contributed by atoms with Crippen LogP contribution in [0.4, 0.5) is 0 Å². The van der Waals surface area contributed by atoms with Gasteiger partial charge in [0.25, 0.3) is 0 Å². The van der Waals surface area contributed by atoms with E-state index in [1.807, 2.05) is 24.4 Å². The first-order valence-electron chi connectivity index (χ1n) is 7.78. The van der Waals surface area contributed by atoms with Crippen molar-refractivity contribution in [2.75, 3.05) is 19.6 Å². The summed E-state index contributed by atoms with van der Waals surface area (Å²) in [6, 6.07) is 8.27. The van der Waals surface area contributed by atoms with Gasteiger partial charge in [-0.25, -0.2) is 0 Å². The maximum atomic E-state index is 6.30. The van der Waals surface area contributed by atoms with Crippen molar-refractivity contribution in [3.8, 4) is 0 Å². The molecule has 0 bridgehead atoms. The van der Waals surface area contributed by atoms with Gasteiger partial charge >= 0.3 is 0 Å².